The van der Waals surface area contributed by atoms with Crippen molar-refractivity contribution in [3.05, 3.63) is 0 Å². The molecule has 0 unspecified atom stereocenters. The standard InChI is InChI=1S/C30H58O4/c1-4-7-9-11-13-15-17-19-21-23-26-28(31)33-30(25-6-3)34-29(32)27-24-22-20-18-16-14-12-10-8-5-2/h30H,4-27H2,1-3H3. The van der Waals surface area contributed by atoms with Crippen molar-refractivity contribution in [3.63, 3.8) is 0 Å². The van der Waals surface area contributed by atoms with Gasteiger partial charge in [-0.15, -0.1) is 0 Å². The predicted octanol–water partition coefficient (Wildman–Crippen LogP) is 9.82. The van der Waals surface area contributed by atoms with Gasteiger partial charge in [-0.2, -0.15) is 0 Å². The Kier molecular flexibility index (Phi) is 25.7. The van der Waals surface area contributed by atoms with E-state index in [9.17, 15) is 9.59 Å². The SMILES string of the molecule is CCCCCCCCCCCCC(=O)OC(CCC)OC(=O)CCCCCCCCCCCC. The van der Waals surface area contributed by atoms with Gasteiger partial charge in [-0.05, 0) is 19.3 Å². The van der Waals surface area contributed by atoms with Crippen LogP contribution in [0.5, 0.6) is 0 Å². The highest BCUT2D eigenvalue weighted by Crippen LogP contribution is 2.15. The van der Waals surface area contributed by atoms with E-state index >= 15 is 0 Å². The van der Waals surface area contributed by atoms with Gasteiger partial charge >= 0.3 is 11.9 Å². The molecule has 0 amide bonds. The van der Waals surface area contributed by atoms with Crippen LogP contribution in [0.15, 0.2) is 0 Å². The van der Waals surface area contributed by atoms with Crippen molar-refractivity contribution in [2.75, 3.05) is 0 Å². The molecule has 0 N–H and O–H groups in total. The van der Waals surface area contributed by atoms with Gasteiger partial charge in [0.2, 0.25) is 6.29 Å². The Labute approximate surface area is 212 Å². The fourth-order valence-corrected chi connectivity index (χ4v) is 4.30. The minimum atomic E-state index is -0.712. The van der Waals surface area contributed by atoms with E-state index in [1.54, 1.807) is 0 Å². The zero-order valence-electron chi connectivity index (χ0n) is 23.2. The van der Waals surface area contributed by atoms with Crippen molar-refractivity contribution in [1.29, 1.82) is 0 Å². The molecule has 0 bridgehead atoms. The molecule has 0 heterocycles. The summed E-state index contributed by atoms with van der Waals surface area (Å²) in [6.45, 7) is 6.51. The van der Waals surface area contributed by atoms with Crippen molar-refractivity contribution < 1.29 is 19.1 Å². The molecular formula is C30H58O4. The summed E-state index contributed by atoms with van der Waals surface area (Å²) in [7, 11) is 0. The lowest BCUT2D eigenvalue weighted by molar-refractivity contribution is -0.189. The first-order valence-electron chi connectivity index (χ1n) is 15.0. The van der Waals surface area contributed by atoms with Crippen molar-refractivity contribution >= 4 is 11.9 Å². The zero-order valence-corrected chi connectivity index (χ0v) is 23.2. The van der Waals surface area contributed by atoms with Crippen LogP contribution in [0.3, 0.4) is 0 Å². The molecule has 0 radical (unpaired) electrons. The van der Waals surface area contributed by atoms with Crippen molar-refractivity contribution in [3.8, 4) is 0 Å². The van der Waals surface area contributed by atoms with Gasteiger partial charge in [0.15, 0.2) is 0 Å². The minimum absolute atomic E-state index is 0.232. The summed E-state index contributed by atoms with van der Waals surface area (Å²) in [5, 5.41) is 0. The number of esters is 2. The van der Waals surface area contributed by atoms with Gasteiger partial charge in [0.25, 0.3) is 0 Å². The van der Waals surface area contributed by atoms with Gasteiger partial charge in [-0.1, -0.05) is 136 Å². The maximum Gasteiger partial charge on any atom is 0.308 e. The lowest BCUT2D eigenvalue weighted by Gasteiger charge is -2.18. The molecule has 0 aromatic carbocycles. The molecular weight excluding hydrogens is 424 g/mol. The number of hydrogen-bond donors (Lipinski definition) is 0. The number of carbonyl (C=O) groups excluding carboxylic acids is 2. The highest BCUT2D eigenvalue weighted by Gasteiger charge is 2.18. The Morgan fingerprint density at radius 2 is 0.735 bits per heavy atom. The van der Waals surface area contributed by atoms with Crippen molar-refractivity contribution in [2.45, 2.75) is 181 Å². The fraction of sp³-hybridized carbons (Fsp3) is 0.933. The van der Waals surface area contributed by atoms with E-state index in [2.05, 4.69) is 13.8 Å². The summed E-state index contributed by atoms with van der Waals surface area (Å²) < 4.78 is 10.9. The van der Waals surface area contributed by atoms with Crippen LogP contribution in [-0.2, 0) is 19.1 Å². The highest BCUT2D eigenvalue weighted by molar-refractivity contribution is 5.71. The van der Waals surface area contributed by atoms with E-state index in [-0.39, 0.29) is 11.9 Å². The largest absolute Gasteiger partial charge is 0.425 e. The molecule has 34 heavy (non-hydrogen) atoms. The third-order valence-corrected chi connectivity index (χ3v) is 6.52. The van der Waals surface area contributed by atoms with Gasteiger partial charge in [-0.25, -0.2) is 0 Å². The molecule has 0 saturated heterocycles. The van der Waals surface area contributed by atoms with Gasteiger partial charge in [0.1, 0.15) is 0 Å². The molecule has 4 heteroatoms. The first-order chi connectivity index (χ1) is 16.6. The average Bonchev–Trinajstić information content (AvgIpc) is 2.81. The molecule has 0 rings (SSSR count). The molecule has 0 aromatic heterocycles. The number of unbranched alkanes of at least 4 members (excludes halogenated alkanes) is 18. The summed E-state index contributed by atoms with van der Waals surface area (Å²) in [4.78, 5) is 24.4. The molecule has 0 saturated carbocycles. The van der Waals surface area contributed by atoms with Crippen molar-refractivity contribution in [2.24, 2.45) is 0 Å². The fourth-order valence-electron chi connectivity index (χ4n) is 4.30. The lowest BCUT2D eigenvalue weighted by Crippen LogP contribution is -2.24. The molecule has 0 spiro atoms. The number of carbonyl (C=O) groups is 2. The third-order valence-electron chi connectivity index (χ3n) is 6.52. The molecule has 0 atom stereocenters. The van der Waals surface area contributed by atoms with E-state index in [0.29, 0.717) is 19.3 Å². The van der Waals surface area contributed by atoms with Gasteiger partial charge in [0.05, 0.1) is 0 Å². The Balaban J connectivity index is 3.73. The smallest absolute Gasteiger partial charge is 0.308 e. The molecule has 0 aliphatic heterocycles. The molecule has 0 aliphatic rings. The maximum atomic E-state index is 12.2. The predicted molar refractivity (Wildman–Crippen MR) is 144 cm³/mol. The summed E-state index contributed by atoms with van der Waals surface area (Å²) in [5.74, 6) is -0.463. The monoisotopic (exact) mass is 482 g/mol. The molecule has 202 valence electrons. The van der Waals surface area contributed by atoms with E-state index in [1.807, 2.05) is 6.92 Å². The molecule has 0 aliphatic carbocycles. The summed E-state index contributed by atoms with van der Waals surface area (Å²) in [6, 6.07) is 0. The second-order valence-electron chi connectivity index (χ2n) is 10.1. The first-order valence-corrected chi connectivity index (χ1v) is 15.0. The number of rotatable bonds is 26. The summed E-state index contributed by atoms with van der Waals surface area (Å²) in [6.07, 6.45) is 26.3. The van der Waals surface area contributed by atoms with Crippen LogP contribution in [0.4, 0.5) is 0 Å². The van der Waals surface area contributed by atoms with Crippen LogP contribution in [0.25, 0.3) is 0 Å². The lowest BCUT2D eigenvalue weighted by atomic mass is 10.1. The Hall–Kier alpha value is -1.06. The molecule has 0 fully saturated rings. The Morgan fingerprint density at radius 3 is 1.03 bits per heavy atom. The third kappa shape index (κ3) is 24.1. The van der Waals surface area contributed by atoms with Crippen LogP contribution in [0.2, 0.25) is 0 Å². The average molecular weight is 483 g/mol. The van der Waals surface area contributed by atoms with E-state index in [0.717, 1.165) is 32.1 Å². The summed E-state index contributed by atoms with van der Waals surface area (Å²) in [5.41, 5.74) is 0. The van der Waals surface area contributed by atoms with Crippen LogP contribution in [0, 0.1) is 0 Å². The zero-order chi connectivity index (χ0) is 25.1. The van der Waals surface area contributed by atoms with Gasteiger partial charge in [-0.3, -0.25) is 9.59 Å². The van der Waals surface area contributed by atoms with E-state index in [4.69, 9.17) is 9.47 Å². The molecule has 4 nitrogen and oxygen atoms in total. The highest BCUT2D eigenvalue weighted by atomic mass is 16.7. The quantitative estimate of drug-likeness (QED) is 0.0699. The van der Waals surface area contributed by atoms with Crippen LogP contribution in [-0.4, -0.2) is 18.2 Å². The van der Waals surface area contributed by atoms with Crippen LogP contribution >= 0.6 is 0 Å². The maximum absolute atomic E-state index is 12.2. The molecule has 0 aromatic rings. The van der Waals surface area contributed by atoms with Gasteiger partial charge < -0.3 is 9.47 Å². The topological polar surface area (TPSA) is 52.6 Å². The van der Waals surface area contributed by atoms with E-state index < -0.39 is 6.29 Å². The van der Waals surface area contributed by atoms with Crippen LogP contribution in [0.1, 0.15) is 175 Å². The number of hydrogen-bond acceptors (Lipinski definition) is 4. The van der Waals surface area contributed by atoms with Crippen LogP contribution < -0.4 is 0 Å². The Morgan fingerprint density at radius 1 is 0.441 bits per heavy atom. The van der Waals surface area contributed by atoms with E-state index in [1.165, 1.54) is 103 Å². The normalized spacial score (nSPS) is 11.2. The summed E-state index contributed by atoms with van der Waals surface area (Å²) >= 11 is 0. The number of ether oxygens (including phenoxy) is 2. The second-order valence-corrected chi connectivity index (χ2v) is 10.1. The van der Waals surface area contributed by atoms with Crippen molar-refractivity contribution in [1.82, 2.24) is 0 Å². The van der Waals surface area contributed by atoms with Gasteiger partial charge in [0, 0.05) is 19.3 Å². The second kappa shape index (κ2) is 26.5. The first kappa shape index (κ1) is 32.9. The minimum Gasteiger partial charge on any atom is -0.425 e. The Bertz CT molecular complexity index is 411.